The summed E-state index contributed by atoms with van der Waals surface area (Å²) >= 11 is 1.74. The van der Waals surface area contributed by atoms with Gasteiger partial charge < -0.3 is 14.5 Å². The largest absolute Gasteiger partial charge is 0.479 e. The highest BCUT2D eigenvalue weighted by Crippen LogP contribution is 2.18. The van der Waals surface area contributed by atoms with Crippen LogP contribution < -0.4 is 10.1 Å². The van der Waals surface area contributed by atoms with Crippen LogP contribution in [0.4, 0.5) is 5.69 Å². The van der Waals surface area contributed by atoms with Crippen LogP contribution in [-0.2, 0) is 12.3 Å². The summed E-state index contributed by atoms with van der Waals surface area (Å²) in [6.07, 6.45) is 2.05. The molecule has 0 fully saturated rings. The molecule has 0 aliphatic rings. The average molecular weight is 288 g/mol. The lowest BCUT2D eigenvalue weighted by molar-refractivity contribution is 0.368. The summed E-state index contributed by atoms with van der Waals surface area (Å²) in [4.78, 5) is 0. The standard InChI is InChI=1S/C15H16N2O2S/c1-20-11-15-7-6-14(19-15)10-17-12-2-4-13(5-3-12)18-9-8-16/h2-7,17H,9-11H2,1H3. The number of thioether (sulfide) groups is 1. The number of benzene rings is 1. The molecule has 1 N–H and O–H groups in total. The Morgan fingerprint density at radius 2 is 1.95 bits per heavy atom. The number of rotatable bonds is 7. The number of ether oxygens (including phenoxy) is 1. The third kappa shape index (κ3) is 4.25. The van der Waals surface area contributed by atoms with Crippen LogP contribution in [0.25, 0.3) is 0 Å². The summed E-state index contributed by atoms with van der Waals surface area (Å²) < 4.78 is 10.9. The molecule has 0 aliphatic heterocycles. The minimum Gasteiger partial charge on any atom is -0.479 e. The number of nitriles is 1. The molecule has 0 bridgehead atoms. The normalized spacial score (nSPS) is 10.0. The third-order valence-electron chi connectivity index (χ3n) is 2.63. The molecule has 0 atom stereocenters. The first-order valence-corrected chi connectivity index (χ1v) is 7.61. The van der Waals surface area contributed by atoms with Crippen molar-refractivity contribution in [3.63, 3.8) is 0 Å². The van der Waals surface area contributed by atoms with E-state index in [0.29, 0.717) is 12.3 Å². The van der Waals surface area contributed by atoms with Gasteiger partial charge in [0, 0.05) is 5.69 Å². The molecule has 1 aromatic carbocycles. The molecular weight excluding hydrogens is 272 g/mol. The first kappa shape index (κ1) is 14.4. The summed E-state index contributed by atoms with van der Waals surface area (Å²) in [5.74, 6) is 3.50. The number of hydrogen-bond donors (Lipinski definition) is 1. The fourth-order valence-electron chi connectivity index (χ4n) is 1.71. The van der Waals surface area contributed by atoms with Crippen molar-refractivity contribution < 1.29 is 9.15 Å². The van der Waals surface area contributed by atoms with E-state index >= 15 is 0 Å². The lowest BCUT2D eigenvalue weighted by Gasteiger charge is -2.06. The summed E-state index contributed by atoms with van der Waals surface area (Å²) in [6, 6.07) is 13.4. The molecule has 0 saturated carbocycles. The Morgan fingerprint density at radius 1 is 1.20 bits per heavy atom. The van der Waals surface area contributed by atoms with E-state index in [2.05, 4.69) is 11.6 Å². The zero-order valence-corrected chi connectivity index (χ0v) is 12.1. The number of hydrogen-bond acceptors (Lipinski definition) is 5. The molecule has 104 valence electrons. The molecule has 1 heterocycles. The number of nitrogens with zero attached hydrogens (tertiary/aromatic N) is 1. The van der Waals surface area contributed by atoms with E-state index in [1.165, 1.54) is 0 Å². The van der Waals surface area contributed by atoms with Crippen molar-refractivity contribution in [1.29, 1.82) is 5.26 Å². The minimum atomic E-state index is 0.0669. The van der Waals surface area contributed by atoms with Gasteiger partial charge in [0.15, 0.2) is 6.61 Å². The van der Waals surface area contributed by atoms with Crippen LogP contribution in [0.3, 0.4) is 0 Å². The maximum absolute atomic E-state index is 8.43. The molecule has 0 unspecified atom stereocenters. The molecular formula is C15H16N2O2S. The molecule has 20 heavy (non-hydrogen) atoms. The molecule has 2 aromatic rings. The van der Waals surface area contributed by atoms with Gasteiger partial charge in [-0.25, -0.2) is 0 Å². The van der Waals surface area contributed by atoms with Crippen LogP contribution in [0, 0.1) is 11.3 Å². The quantitative estimate of drug-likeness (QED) is 0.842. The Kier molecular flexibility index (Phi) is 5.39. The third-order valence-corrected chi connectivity index (χ3v) is 3.20. The van der Waals surface area contributed by atoms with Gasteiger partial charge in [0.2, 0.25) is 0 Å². The monoisotopic (exact) mass is 288 g/mol. The Bertz CT molecular complexity index is 572. The van der Waals surface area contributed by atoms with Gasteiger partial charge in [-0.15, -0.1) is 0 Å². The fraction of sp³-hybridized carbons (Fsp3) is 0.267. The van der Waals surface area contributed by atoms with E-state index in [1.807, 2.05) is 42.5 Å². The summed E-state index contributed by atoms with van der Waals surface area (Å²) in [5.41, 5.74) is 0.983. The number of anilines is 1. The SMILES string of the molecule is CSCc1ccc(CNc2ccc(OCC#N)cc2)o1. The van der Waals surface area contributed by atoms with Crippen LogP contribution in [0.5, 0.6) is 5.75 Å². The molecule has 1 aromatic heterocycles. The molecule has 0 radical (unpaired) electrons. The summed E-state index contributed by atoms with van der Waals surface area (Å²) in [7, 11) is 0. The van der Waals surface area contributed by atoms with Crippen LogP contribution in [-0.4, -0.2) is 12.9 Å². The number of furan rings is 1. The second-order valence-electron chi connectivity index (χ2n) is 4.13. The summed E-state index contributed by atoms with van der Waals surface area (Å²) in [5, 5.41) is 11.7. The first-order valence-electron chi connectivity index (χ1n) is 6.22. The van der Waals surface area contributed by atoms with Gasteiger partial charge in [0.05, 0.1) is 12.3 Å². The van der Waals surface area contributed by atoms with Crippen molar-refractivity contribution in [2.75, 3.05) is 18.2 Å². The van der Waals surface area contributed by atoms with Crippen molar-refractivity contribution in [1.82, 2.24) is 0 Å². The highest BCUT2D eigenvalue weighted by molar-refractivity contribution is 7.97. The lowest BCUT2D eigenvalue weighted by atomic mass is 10.3. The molecule has 5 heteroatoms. The smallest absolute Gasteiger partial charge is 0.174 e. The zero-order chi connectivity index (χ0) is 14.2. The van der Waals surface area contributed by atoms with Gasteiger partial charge in [-0.3, -0.25) is 0 Å². The van der Waals surface area contributed by atoms with Gasteiger partial charge in [0.25, 0.3) is 0 Å². The zero-order valence-electron chi connectivity index (χ0n) is 11.3. The second kappa shape index (κ2) is 7.51. The highest BCUT2D eigenvalue weighted by atomic mass is 32.2. The van der Waals surface area contributed by atoms with Crippen molar-refractivity contribution in [2.24, 2.45) is 0 Å². The first-order chi connectivity index (χ1) is 9.81. The topological polar surface area (TPSA) is 58.2 Å². The van der Waals surface area contributed by atoms with Crippen LogP contribution in [0.15, 0.2) is 40.8 Å². The van der Waals surface area contributed by atoms with E-state index in [0.717, 1.165) is 23.0 Å². The average Bonchev–Trinajstić information content (AvgIpc) is 2.92. The Morgan fingerprint density at radius 3 is 2.65 bits per heavy atom. The van der Waals surface area contributed by atoms with E-state index < -0.39 is 0 Å². The fourth-order valence-corrected chi connectivity index (χ4v) is 2.15. The van der Waals surface area contributed by atoms with Crippen LogP contribution in [0.2, 0.25) is 0 Å². The van der Waals surface area contributed by atoms with Crippen molar-refractivity contribution >= 4 is 17.4 Å². The minimum absolute atomic E-state index is 0.0669. The van der Waals surface area contributed by atoms with Gasteiger partial charge in [0.1, 0.15) is 23.3 Å². The van der Waals surface area contributed by atoms with Crippen LogP contribution in [0.1, 0.15) is 11.5 Å². The Balaban J connectivity index is 1.85. The number of nitrogens with one attached hydrogen (secondary N) is 1. The highest BCUT2D eigenvalue weighted by Gasteiger charge is 2.01. The van der Waals surface area contributed by atoms with Gasteiger partial charge >= 0.3 is 0 Å². The molecule has 0 saturated heterocycles. The molecule has 0 amide bonds. The molecule has 4 nitrogen and oxygen atoms in total. The predicted octanol–water partition coefficient (Wildman–Crippen LogP) is 3.66. The van der Waals surface area contributed by atoms with E-state index in [4.69, 9.17) is 14.4 Å². The van der Waals surface area contributed by atoms with Crippen molar-refractivity contribution in [3.05, 3.63) is 47.9 Å². The maximum atomic E-state index is 8.43. The van der Waals surface area contributed by atoms with Gasteiger partial charge in [-0.2, -0.15) is 17.0 Å². The van der Waals surface area contributed by atoms with Crippen molar-refractivity contribution in [2.45, 2.75) is 12.3 Å². The second-order valence-corrected chi connectivity index (χ2v) is 4.99. The van der Waals surface area contributed by atoms with E-state index in [-0.39, 0.29) is 6.61 Å². The molecule has 0 spiro atoms. The van der Waals surface area contributed by atoms with E-state index in [1.54, 1.807) is 11.8 Å². The van der Waals surface area contributed by atoms with Crippen LogP contribution >= 0.6 is 11.8 Å². The van der Waals surface area contributed by atoms with Gasteiger partial charge in [-0.1, -0.05) is 0 Å². The van der Waals surface area contributed by atoms with Gasteiger partial charge in [-0.05, 0) is 42.7 Å². The van der Waals surface area contributed by atoms with Crippen molar-refractivity contribution in [3.8, 4) is 11.8 Å². The Labute approximate surface area is 122 Å². The molecule has 0 aliphatic carbocycles. The maximum Gasteiger partial charge on any atom is 0.174 e. The predicted molar refractivity (Wildman–Crippen MR) is 80.8 cm³/mol. The lowest BCUT2D eigenvalue weighted by Crippen LogP contribution is -1.98. The molecule has 2 rings (SSSR count). The summed E-state index contributed by atoms with van der Waals surface area (Å²) in [6.45, 7) is 0.712. The Hall–Kier alpha value is -2.06. The van der Waals surface area contributed by atoms with E-state index in [9.17, 15) is 0 Å².